The van der Waals surface area contributed by atoms with Gasteiger partial charge in [-0.25, -0.2) is 9.78 Å². The molecule has 0 bridgehead atoms. The number of amides is 1. The Bertz CT molecular complexity index is 1130. The lowest BCUT2D eigenvalue weighted by Crippen LogP contribution is -2.36. The van der Waals surface area contributed by atoms with Crippen molar-refractivity contribution in [2.24, 2.45) is 0 Å². The van der Waals surface area contributed by atoms with Crippen LogP contribution in [0.5, 0.6) is 17.2 Å². The first-order chi connectivity index (χ1) is 16.2. The Balaban J connectivity index is 1.90. The maximum absolute atomic E-state index is 12.4. The molecule has 1 atom stereocenters. The summed E-state index contributed by atoms with van der Waals surface area (Å²) in [5, 5.41) is 13.2. The first-order valence-corrected chi connectivity index (χ1v) is 10.7. The molecule has 2 aromatic carbocycles. The third kappa shape index (κ3) is 7.20. The molecular weight excluding hydrogens is 440 g/mol. The Kier molecular flexibility index (Phi) is 8.11. The molecule has 10 nitrogen and oxygen atoms in total. The number of rotatable bonds is 9. The van der Waals surface area contributed by atoms with Crippen molar-refractivity contribution in [3.8, 4) is 17.2 Å². The number of ether oxygens (including phenoxy) is 4. The number of hydrazine groups is 1. The number of hydrogen-bond acceptors (Lipinski definition) is 9. The van der Waals surface area contributed by atoms with Crippen molar-refractivity contribution in [1.29, 1.82) is 0 Å². The van der Waals surface area contributed by atoms with E-state index < -0.39 is 18.1 Å². The number of hydrogen-bond donors (Lipinski definition) is 4. The maximum Gasteiger partial charge on any atom is 0.412 e. The predicted octanol–water partition coefficient (Wildman–Crippen LogP) is 4.61. The zero-order valence-electron chi connectivity index (χ0n) is 19.8. The third-order valence-electron chi connectivity index (χ3n) is 4.34. The second-order valence-corrected chi connectivity index (χ2v) is 8.22. The van der Waals surface area contributed by atoms with Crippen LogP contribution in [0.2, 0.25) is 0 Å². The summed E-state index contributed by atoms with van der Waals surface area (Å²) in [6, 6.07) is 14.4. The molecule has 3 rings (SSSR count). The summed E-state index contributed by atoms with van der Waals surface area (Å²) in [6.07, 6.45) is -1.92. The van der Waals surface area contributed by atoms with Crippen LogP contribution in [0.1, 0.15) is 27.7 Å². The van der Waals surface area contributed by atoms with E-state index in [0.29, 0.717) is 40.4 Å². The fourth-order valence-electron chi connectivity index (χ4n) is 2.95. The number of nitrogens with one attached hydrogen (secondary N) is 3. The van der Waals surface area contributed by atoms with Gasteiger partial charge in [0.25, 0.3) is 0 Å². The molecule has 0 aliphatic heterocycles. The Morgan fingerprint density at radius 3 is 2.53 bits per heavy atom. The van der Waals surface area contributed by atoms with Gasteiger partial charge in [-0.3, -0.25) is 10.7 Å². The molecule has 4 N–H and O–H groups in total. The van der Waals surface area contributed by atoms with Crippen molar-refractivity contribution < 1.29 is 28.8 Å². The average Bonchev–Trinajstić information content (AvgIpc) is 2.76. The highest BCUT2D eigenvalue weighted by atomic mass is 16.6. The van der Waals surface area contributed by atoms with Crippen molar-refractivity contribution in [3.05, 3.63) is 48.5 Å². The Morgan fingerprint density at radius 1 is 1.09 bits per heavy atom. The smallest absolute Gasteiger partial charge is 0.412 e. The van der Waals surface area contributed by atoms with E-state index in [4.69, 9.17) is 18.9 Å². The normalized spacial score (nSPS) is 12.2. The van der Waals surface area contributed by atoms with Crippen LogP contribution in [-0.2, 0) is 9.47 Å². The summed E-state index contributed by atoms with van der Waals surface area (Å²) in [4.78, 5) is 17.0. The molecule has 3 aromatic rings. The number of benzene rings is 2. The molecule has 1 heterocycles. The Hall–Kier alpha value is -3.60. The lowest BCUT2D eigenvalue weighted by atomic mass is 10.2. The number of anilines is 2. The van der Waals surface area contributed by atoms with Gasteiger partial charge in [0.1, 0.15) is 22.8 Å². The number of aliphatic hydroxyl groups is 1. The monoisotopic (exact) mass is 470 g/mol. The number of fused-ring (bicyclic) bond motifs is 1. The summed E-state index contributed by atoms with van der Waals surface area (Å²) in [7, 11) is 1.59. The van der Waals surface area contributed by atoms with Gasteiger partial charge in [0.2, 0.25) is 6.41 Å². The molecule has 182 valence electrons. The highest BCUT2D eigenvalue weighted by molar-refractivity contribution is 5.94. The fraction of sp³-hybridized carbons (Fsp3) is 0.333. The minimum atomic E-state index is -1.27. The van der Waals surface area contributed by atoms with Gasteiger partial charge in [0, 0.05) is 18.1 Å². The van der Waals surface area contributed by atoms with Gasteiger partial charge in [-0.15, -0.1) is 0 Å². The zero-order valence-corrected chi connectivity index (χ0v) is 19.8. The van der Waals surface area contributed by atoms with Crippen LogP contribution >= 0.6 is 0 Å². The van der Waals surface area contributed by atoms with Crippen LogP contribution in [0, 0.1) is 0 Å². The quantitative estimate of drug-likeness (QED) is 0.262. The number of carbonyl (C=O) groups is 1. The van der Waals surface area contributed by atoms with Crippen molar-refractivity contribution in [1.82, 2.24) is 10.4 Å². The largest absolute Gasteiger partial charge is 0.497 e. The summed E-state index contributed by atoms with van der Waals surface area (Å²) >= 11 is 0. The van der Waals surface area contributed by atoms with Gasteiger partial charge in [-0.2, -0.15) is 5.43 Å². The number of nitrogens with zero attached hydrogens (tertiary/aromatic N) is 1. The van der Waals surface area contributed by atoms with E-state index in [1.807, 2.05) is 18.2 Å². The third-order valence-corrected chi connectivity index (χ3v) is 4.34. The molecule has 0 aliphatic carbocycles. The fourth-order valence-corrected chi connectivity index (χ4v) is 2.95. The molecular formula is C24H30N4O6. The van der Waals surface area contributed by atoms with Gasteiger partial charge in [-0.1, -0.05) is 6.07 Å². The zero-order chi connectivity index (χ0) is 24.7. The topological polar surface area (TPSA) is 123 Å². The summed E-state index contributed by atoms with van der Waals surface area (Å²) in [5.41, 5.74) is 5.63. The van der Waals surface area contributed by atoms with E-state index in [-0.39, 0.29) is 5.82 Å². The van der Waals surface area contributed by atoms with Gasteiger partial charge < -0.3 is 24.1 Å². The minimum absolute atomic E-state index is 0.263. The summed E-state index contributed by atoms with van der Waals surface area (Å²) in [6.45, 7) is 7.37. The summed E-state index contributed by atoms with van der Waals surface area (Å²) < 4.78 is 21.6. The van der Waals surface area contributed by atoms with E-state index in [0.717, 1.165) is 0 Å². The van der Waals surface area contributed by atoms with Gasteiger partial charge in [0.15, 0.2) is 5.82 Å². The van der Waals surface area contributed by atoms with E-state index in [9.17, 15) is 9.90 Å². The number of carbonyl (C=O) groups excluding carboxylic acids is 1. The number of aliphatic hydroxyl groups excluding tert-OH is 1. The molecule has 1 unspecified atom stereocenters. The molecule has 1 aromatic heterocycles. The van der Waals surface area contributed by atoms with Crippen LogP contribution in [-0.4, -0.2) is 41.9 Å². The Morgan fingerprint density at radius 2 is 1.82 bits per heavy atom. The summed E-state index contributed by atoms with van der Waals surface area (Å²) in [5.74, 6) is 2.14. The highest BCUT2D eigenvalue weighted by Crippen LogP contribution is 2.31. The molecule has 0 spiro atoms. The van der Waals surface area contributed by atoms with Crippen LogP contribution in [0.25, 0.3) is 10.9 Å². The van der Waals surface area contributed by atoms with Crippen LogP contribution in [0.4, 0.5) is 16.3 Å². The second-order valence-electron chi connectivity index (χ2n) is 8.22. The Labute approximate surface area is 198 Å². The first-order valence-electron chi connectivity index (χ1n) is 10.7. The second kappa shape index (κ2) is 11.0. The van der Waals surface area contributed by atoms with Crippen LogP contribution < -0.4 is 25.6 Å². The van der Waals surface area contributed by atoms with E-state index in [2.05, 4.69) is 21.2 Å². The van der Waals surface area contributed by atoms with E-state index >= 15 is 0 Å². The molecule has 0 saturated carbocycles. The minimum Gasteiger partial charge on any atom is -0.497 e. The van der Waals surface area contributed by atoms with Crippen molar-refractivity contribution >= 4 is 28.5 Å². The van der Waals surface area contributed by atoms with E-state index in [1.165, 1.54) is 0 Å². The van der Waals surface area contributed by atoms with Crippen LogP contribution in [0.3, 0.4) is 0 Å². The lowest BCUT2D eigenvalue weighted by molar-refractivity contribution is -0.111. The van der Waals surface area contributed by atoms with Gasteiger partial charge in [-0.05, 0) is 64.1 Å². The predicted molar refractivity (Wildman–Crippen MR) is 129 cm³/mol. The van der Waals surface area contributed by atoms with Gasteiger partial charge >= 0.3 is 6.09 Å². The highest BCUT2D eigenvalue weighted by Gasteiger charge is 2.19. The molecule has 0 aliphatic rings. The first kappa shape index (κ1) is 25.0. The standard InChI is InChI=1S/C24H30N4O6/c1-6-32-23(30)28-27-21-20(26-22(29)34-24(2,3)4)13-15-12-18(10-11-19(15)25-21)33-17-9-7-8-16(14-17)31-5/h7-14,23,28,30H,6H2,1-5H3,(H,25,27)(H,26,29). The molecule has 0 fully saturated rings. The van der Waals surface area contributed by atoms with Crippen LogP contribution in [0.15, 0.2) is 48.5 Å². The molecule has 0 saturated heterocycles. The van der Waals surface area contributed by atoms with Crippen molar-refractivity contribution in [3.63, 3.8) is 0 Å². The van der Waals surface area contributed by atoms with Crippen molar-refractivity contribution in [2.75, 3.05) is 24.5 Å². The molecule has 1 amide bonds. The van der Waals surface area contributed by atoms with Gasteiger partial charge in [0.05, 0.1) is 18.3 Å². The maximum atomic E-state index is 12.4. The SMILES string of the molecule is CCOC(O)NNc1nc2ccc(Oc3cccc(OC)c3)cc2cc1NC(=O)OC(C)(C)C. The van der Waals surface area contributed by atoms with Crippen molar-refractivity contribution in [2.45, 2.75) is 39.7 Å². The number of pyridine rings is 1. The molecule has 0 radical (unpaired) electrons. The number of aromatic nitrogens is 1. The molecule has 10 heteroatoms. The lowest BCUT2D eigenvalue weighted by Gasteiger charge is -2.21. The number of methoxy groups -OCH3 is 1. The molecule has 34 heavy (non-hydrogen) atoms. The average molecular weight is 471 g/mol. The van der Waals surface area contributed by atoms with E-state index in [1.54, 1.807) is 65.1 Å².